The Balaban J connectivity index is 2.00. The van der Waals surface area contributed by atoms with Gasteiger partial charge in [0.25, 0.3) is 0 Å². The van der Waals surface area contributed by atoms with Crippen LogP contribution in [0.5, 0.6) is 11.5 Å². The van der Waals surface area contributed by atoms with E-state index in [1.165, 1.54) is 0 Å². The van der Waals surface area contributed by atoms with Crippen molar-refractivity contribution in [3.63, 3.8) is 0 Å². The zero-order valence-corrected chi connectivity index (χ0v) is 22.1. The van der Waals surface area contributed by atoms with Crippen LogP contribution in [-0.2, 0) is 31.1 Å². The number of phenols is 2. The third kappa shape index (κ3) is 3.60. The molecule has 4 aromatic rings. The molecule has 188 valence electrons. The fourth-order valence-corrected chi connectivity index (χ4v) is 6.06. The first-order valence-electron chi connectivity index (χ1n) is 13.4. The highest BCUT2D eigenvalue weighted by Crippen LogP contribution is 2.52. The average molecular weight is 491 g/mol. The molecule has 0 aromatic heterocycles. The standard InChI is InChI=1S/C34H34O3/c1-5-21-17-25(18-22(6-2)31(21)35)34(26-19-23(7-3)32(36)24(8-4)20-26)30-16-12-11-14-28(30)27-13-9-10-15-29(27)33(34)37/h9-20,35-36H,5-8H2,1-4H3. The number of rotatable bonds is 6. The number of Topliss-reactive ketones (excluding diaryl/α,β-unsaturated/α-hetero) is 1. The van der Waals surface area contributed by atoms with E-state index >= 15 is 0 Å². The highest BCUT2D eigenvalue weighted by Gasteiger charge is 2.49. The molecule has 0 unspecified atom stereocenters. The second kappa shape index (κ2) is 9.55. The molecule has 2 N–H and O–H groups in total. The number of phenolic OH excluding ortho intramolecular Hbond substituents is 2. The van der Waals surface area contributed by atoms with Crippen molar-refractivity contribution < 1.29 is 15.0 Å². The van der Waals surface area contributed by atoms with Gasteiger partial charge in [0.2, 0.25) is 0 Å². The minimum atomic E-state index is -1.12. The zero-order chi connectivity index (χ0) is 26.3. The molecule has 0 atom stereocenters. The van der Waals surface area contributed by atoms with Crippen molar-refractivity contribution in [2.75, 3.05) is 0 Å². The summed E-state index contributed by atoms with van der Waals surface area (Å²) in [7, 11) is 0. The summed E-state index contributed by atoms with van der Waals surface area (Å²) in [6.07, 6.45) is 2.63. The van der Waals surface area contributed by atoms with Crippen molar-refractivity contribution >= 4 is 5.78 Å². The third-order valence-electron chi connectivity index (χ3n) is 8.06. The van der Waals surface area contributed by atoms with Gasteiger partial charge in [0.05, 0.1) is 0 Å². The highest BCUT2D eigenvalue weighted by molar-refractivity contribution is 6.16. The van der Waals surface area contributed by atoms with E-state index in [0.717, 1.165) is 50.1 Å². The van der Waals surface area contributed by atoms with Crippen LogP contribution in [0.3, 0.4) is 0 Å². The van der Waals surface area contributed by atoms with Gasteiger partial charge in [0.15, 0.2) is 5.78 Å². The Labute approximate surface area is 219 Å². The summed E-state index contributed by atoms with van der Waals surface area (Å²) in [6.45, 7) is 8.12. The summed E-state index contributed by atoms with van der Waals surface area (Å²) in [4.78, 5) is 14.9. The molecule has 0 fully saturated rings. The van der Waals surface area contributed by atoms with Crippen LogP contribution in [-0.4, -0.2) is 16.0 Å². The van der Waals surface area contributed by atoms with Crippen LogP contribution in [0.25, 0.3) is 11.1 Å². The number of carbonyl (C=O) groups excluding carboxylic acids is 1. The van der Waals surface area contributed by atoms with E-state index < -0.39 is 5.41 Å². The Kier molecular flexibility index (Phi) is 6.41. The van der Waals surface area contributed by atoms with E-state index in [0.29, 0.717) is 42.7 Å². The first-order chi connectivity index (χ1) is 17.9. The van der Waals surface area contributed by atoms with Crippen LogP contribution in [0.2, 0.25) is 0 Å². The van der Waals surface area contributed by atoms with Gasteiger partial charge in [-0.15, -0.1) is 0 Å². The third-order valence-corrected chi connectivity index (χ3v) is 8.06. The van der Waals surface area contributed by atoms with Gasteiger partial charge in [-0.05, 0) is 75.8 Å². The molecule has 0 bridgehead atoms. The molecule has 1 aliphatic carbocycles. The predicted octanol–water partition coefficient (Wildman–Crippen LogP) is 7.55. The molecule has 0 amide bonds. The number of carbonyl (C=O) groups is 1. The van der Waals surface area contributed by atoms with Gasteiger partial charge >= 0.3 is 0 Å². The van der Waals surface area contributed by atoms with E-state index in [9.17, 15) is 15.0 Å². The lowest BCUT2D eigenvalue weighted by molar-refractivity contribution is 0.0933. The number of aryl methyl sites for hydroxylation is 4. The van der Waals surface area contributed by atoms with Gasteiger partial charge in [-0.25, -0.2) is 0 Å². The maximum Gasteiger partial charge on any atom is 0.182 e. The van der Waals surface area contributed by atoms with Crippen molar-refractivity contribution in [2.24, 2.45) is 0 Å². The molecule has 0 saturated carbocycles. The first kappa shape index (κ1) is 24.8. The lowest BCUT2D eigenvalue weighted by atomic mass is 9.59. The Morgan fingerprint density at radius 1 is 0.568 bits per heavy atom. The molecular formula is C34H34O3. The molecule has 3 heteroatoms. The summed E-state index contributed by atoms with van der Waals surface area (Å²) in [5.41, 5.74) is 7.55. The van der Waals surface area contributed by atoms with Crippen molar-refractivity contribution in [2.45, 2.75) is 58.8 Å². The number of hydrogen-bond acceptors (Lipinski definition) is 3. The summed E-state index contributed by atoms with van der Waals surface area (Å²) >= 11 is 0. The molecule has 0 heterocycles. The SMILES string of the molecule is CCc1cc(C2(c3cc(CC)c(O)c(CC)c3)C(=O)c3ccccc3-c3ccccc32)cc(CC)c1O. The highest BCUT2D eigenvalue weighted by atomic mass is 16.3. The molecule has 0 aliphatic heterocycles. The number of hydrogen-bond donors (Lipinski definition) is 2. The Morgan fingerprint density at radius 3 is 1.38 bits per heavy atom. The van der Waals surface area contributed by atoms with E-state index in [1.807, 2.05) is 88.4 Å². The van der Waals surface area contributed by atoms with Crippen LogP contribution in [0, 0.1) is 0 Å². The van der Waals surface area contributed by atoms with E-state index in [1.54, 1.807) is 0 Å². The van der Waals surface area contributed by atoms with Crippen molar-refractivity contribution in [1.29, 1.82) is 0 Å². The molecule has 0 saturated heterocycles. The largest absolute Gasteiger partial charge is 0.507 e. The second-order valence-electron chi connectivity index (χ2n) is 9.87. The molecule has 0 spiro atoms. The minimum absolute atomic E-state index is 0.0198. The van der Waals surface area contributed by atoms with Gasteiger partial charge in [0.1, 0.15) is 16.9 Å². The summed E-state index contributed by atoms with van der Waals surface area (Å²) < 4.78 is 0. The quantitative estimate of drug-likeness (QED) is 0.293. The first-order valence-corrected chi connectivity index (χ1v) is 13.4. The Morgan fingerprint density at radius 2 is 0.946 bits per heavy atom. The van der Waals surface area contributed by atoms with E-state index in [-0.39, 0.29) is 5.78 Å². The molecule has 0 radical (unpaired) electrons. The number of ketones is 1. The van der Waals surface area contributed by atoms with Crippen LogP contribution in [0.4, 0.5) is 0 Å². The number of fused-ring (bicyclic) bond motifs is 3. The number of benzene rings is 4. The summed E-state index contributed by atoms with van der Waals surface area (Å²) in [5.74, 6) is 0.650. The van der Waals surface area contributed by atoms with Crippen molar-refractivity contribution in [1.82, 2.24) is 0 Å². The van der Waals surface area contributed by atoms with E-state index in [4.69, 9.17) is 0 Å². The van der Waals surface area contributed by atoms with E-state index in [2.05, 4.69) is 12.1 Å². The fraction of sp³-hybridized carbons (Fsp3) is 0.265. The van der Waals surface area contributed by atoms with Gasteiger partial charge in [-0.2, -0.15) is 0 Å². The molecule has 37 heavy (non-hydrogen) atoms. The fourth-order valence-electron chi connectivity index (χ4n) is 6.06. The molecule has 1 aliphatic rings. The Bertz CT molecular complexity index is 1400. The predicted molar refractivity (Wildman–Crippen MR) is 150 cm³/mol. The van der Waals surface area contributed by atoms with Gasteiger partial charge in [-0.3, -0.25) is 4.79 Å². The zero-order valence-electron chi connectivity index (χ0n) is 22.1. The lowest BCUT2D eigenvalue weighted by Gasteiger charge is -2.40. The maximum atomic E-state index is 14.9. The molecule has 3 nitrogen and oxygen atoms in total. The van der Waals surface area contributed by atoms with Crippen molar-refractivity contribution in [3.05, 3.63) is 117 Å². The molecule has 4 aromatic carbocycles. The van der Waals surface area contributed by atoms with Gasteiger partial charge in [0, 0.05) is 5.56 Å². The summed E-state index contributed by atoms with van der Waals surface area (Å²) in [6, 6.07) is 24.1. The smallest absolute Gasteiger partial charge is 0.182 e. The maximum absolute atomic E-state index is 14.9. The van der Waals surface area contributed by atoms with Crippen molar-refractivity contribution in [3.8, 4) is 22.6 Å². The lowest BCUT2D eigenvalue weighted by Crippen LogP contribution is -2.42. The van der Waals surface area contributed by atoms with Crippen LogP contribution in [0.1, 0.15) is 77.0 Å². The minimum Gasteiger partial charge on any atom is -0.507 e. The van der Waals surface area contributed by atoms with Crippen LogP contribution < -0.4 is 0 Å². The van der Waals surface area contributed by atoms with Crippen LogP contribution in [0.15, 0.2) is 72.8 Å². The van der Waals surface area contributed by atoms with Crippen LogP contribution >= 0.6 is 0 Å². The molecular weight excluding hydrogens is 456 g/mol. The molecule has 5 rings (SSSR count). The number of aromatic hydroxyl groups is 2. The summed E-state index contributed by atoms with van der Waals surface area (Å²) in [5, 5.41) is 21.9. The second-order valence-corrected chi connectivity index (χ2v) is 9.87. The van der Waals surface area contributed by atoms with Gasteiger partial charge in [-0.1, -0.05) is 100 Å². The monoisotopic (exact) mass is 490 g/mol. The van der Waals surface area contributed by atoms with Gasteiger partial charge < -0.3 is 10.2 Å². The topological polar surface area (TPSA) is 57.5 Å². The Hall–Kier alpha value is -3.85. The average Bonchev–Trinajstić information content (AvgIpc) is 2.94. The normalized spacial score (nSPS) is 13.8.